The van der Waals surface area contributed by atoms with Gasteiger partial charge in [-0.25, -0.2) is 0 Å². The van der Waals surface area contributed by atoms with E-state index in [1.807, 2.05) is 0 Å². The van der Waals surface area contributed by atoms with Gasteiger partial charge in [0, 0.05) is 32.2 Å². The molecule has 0 unspecified atom stereocenters. The Labute approximate surface area is 117 Å². The van der Waals surface area contributed by atoms with Crippen molar-refractivity contribution in [2.45, 2.75) is 31.8 Å². The highest BCUT2D eigenvalue weighted by molar-refractivity contribution is 5.14. The van der Waals surface area contributed by atoms with Crippen molar-refractivity contribution >= 4 is 0 Å². The number of piperidine rings is 1. The normalized spacial score (nSPS) is 20.9. The first-order chi connectivity index (χ1) is 9.29. The van der Waals surface area contributed by atoms with Crippen LogP contribution in [-0.2, 0) is 6.54 Å². The highest BCUT2D eigenvalue weighted by atomic mass is 15.2. The Hall–Kier alpha value is -0.900. The Morgan fingerprint density at radius 1 is 1.26 bits per heavy atom. The van der Waals surface area contributed by atoms with Crippen LogP contribution in [0.2, 0.25) is 0 Å². The minimum atomic E-state index is 0.686. The molecule has 1 aliphatic rings. The molecule has 1 saturated heterocycles. The lowest BCUT2D eigenvalue weighted by Gasteiger charge is -2.37. The molecule has 2 N–H and O–H groups in total. The lowest BCUT2D eigenvalue weighted by Crippen LogP contribution is -2.47. The first-order valence-corrected chi connectivity index (χ1v) is 7.46. The maximum absolute atomic E-state index is 5.72. The van der Waals surface area contributed by atoms with E-state index in [0.717, 1.165) is 26.2 Å². The molecule has 1 aliphatic heterocycles. The fourth-order valence-corrected chi connectivity index (χ4v) is 3.05. The van der Waals surface area contributed by atoms with E-state index in [4.69, 9.17) is 5.73 Å². The number of hydrogen-bond donors (Lipinski definition) is 1. The number of likely N-dealkylation sites (tertiary alicyclic amines) is 1. The number of benzene rings is 1. The maximum Gasteiger partial charge on any atom is 0.0231 e. The molecular weight excluding hydrogens is 234 g/mol. The molecule has 0 amide bonds. The van der Waals surface area contributed by atoms with Crippen molar-refractivity contribution in [3.8, 4) is 0 Å². The van der Waals surface area contributed by atoms with Crippen LogP contribution in [0.15, 0.2) is 30.3 Å². The van der Waals surface area contributed by atoms with Crippen molar-refractivity contribution in [3.05, 3.63) is 35.9 Å². The van der Waals surface area contributed by atoms with Crippen LogP contribution in [0.1, 0.15) is 24.8 Å². The summed E-state index contributed by atoms with van der Waals surface area (Å²) in [5.74, 6) is 0. The number of hydrogen-bond acceptors (Lipinski definition) is 3. The Balaban J connectivity index is 1.84. The fraction of sp³-hybridized carbons (Fsp3) is 0.625. The van der Waals surface area contributed by atoms with Gasteiger partial charge in [-0.05, 0) is 32.0 Å². The molecule has 0 radical (unpaired) electrons. The predicted molar refractivity (Wildman–Crippen MR) is 81.0 cm³/mol. The van der Waals surface area contributed by atoms with Gasteiger partial charge in [-0.3, -0.25) is 4.90 Å². The molecule has 1 aromatic carbocycles. The molecule has 0 bridgehead atoms. The minimum absolute atomic E-state index is 0.686. The number of likely N-dealkylation sites (N-methyl/N-ethyl adjacent to an activating group) is 1. The highest BCUT2D eigenvalue weighted by Gasteiger charge is 2.22. The van der Waals surface area contributed by atoms with Gasteiger partial charge in [0.15, 0.2) is 0 Å². The molecule has 2 rings (SSSR count). The zero-order chi connectivity index (χ0) is 13.5. The minimum Gasteiger partial charge on any atom is -0.329 e. The average molecular weight is 261 g/mol. The zero-order valence-electron chi connectivity index (χ0n) is 12.1. The van der Waals surface area contributed by atoms with E-state index >= 15 is 0 Å². The first-order valence-electron chi connectivity index (χ1n) is 7.46. The summed E-state index contributed by atoms with van der Waals surface area (Å²) in [6, 6.07) is 11.4. The topological polar surface area (TPSA) is 32.5 Å². The third-order valence-corrected chi connectivity index (χ3v) is 3.98. The molecule has 1 fully saturated rings. The summed E-state index contributed by atoms with van der Waals surface area (Å²) < 4.78 is 0. The van der Waals surface area contributed by atoms with Crippen LogP contribution in [0, 0.1) is 0 Å². The molecule has 3 heteroatoms. The SMILES string of the molecule is CN(Cc1ccccc1)C[C@H]1CCCCN1CCN. The third-order valence-electron chi connectivity index (χ3n) is 3.98. The van der Waals surface area contributed by atoms with Crippen molar-refractivity contribution < 1.29 is 0 Å². The smallest absolute Gasteiger partial charge is 0.0231 e. The summed E-state index contributed by atoms with van der Waals surface area (Å²) in [5.41, 5.74) is 7.12. The first kappa shape index (κ1) is 14.5. The fourth-order valence-electron chi connectivity index (χ4n) is 3.05. The van der Waals surface area contributed by atoms with E-state index in [2.05, 4.69) is 47.2 Å². The van der Waals surface area contributed by atoms with E-state index in [9.17, 15) is 0 Å². The van der Waals surface area contributed by atoms with Crippen LogP contribution in [0.5, 0.6) is 0 Å². The van der Waals surface area contributed by atoms with Gasteiger partial charge in [0.1, 0.15) is 0 Å². The van der Waals surface area contributed by atoms with Crippen molar-refractivity contribution in [2.75, 3.05) is 33.2 Å². The molecule has 0 aliphatic carbocycles. The molecule has 106 valence electrons. The van der Waals surface area contributed by atoms with Crippen molar-refractivity contribution in [1.82, 2.24) is 9.80 Å². The summed E-state index contributed by atoms with van der Waals surface area (Å²) in [6.07, 6.45) is 4.02. The van der Waals surface area contributed by atoms with E-state index in [1.165, 1.54) is 31.4 Å². The van der Waals surface area contributed by atoms with Gasteiger partial charge in [-0.2, -0.15) is 0 Å². The lowest BCUT2D eigenvalue weighted by molar-refractivity contribution is 0.115. The van der Waals surface area contributed by atoms with E-state index < -0.39 is 0 Å². The molecule has 1 aromatic rings. The number of nitrogens with two attached hydrogens (primary N) is 1. The summed E-state index contributed by atoms with van der Waals surface area (Å²) in [7, 11) is 2.22. The molecule has 0 spiro atoms. The largest absolute Gasteiger partial charge is 0.329 e. The molecule has 0 saturated carbocycles. The van der Waals surface area contributed by atoms with Gasteiger partial charge in [-0.1, -0.05) is 36.8 Å². The molecule has 19 heavy (non-hydrogen) atoms. The van der Waals surface area contributed by atoms with E-state index in [0.29, 0.717) is 6.04 Å². The highest BCUT2D eigenvalue weighted by Crippen LogP contribution is 2.17. The standard InChI is InChI=1S/C16H27N3/c1-18(13-15-7-3-2-4-8-15)14-16-9-5-6-11-19(16)12-10-17/h2-4,7-8,16H,5-6,9-14,17H2,1H3/t16-/m1/s1. The molecular formula is C16H27N3. The van der Waals surface area contributed by atoms with Crippen molar-refractivity contribution in [2.24, 2.45) is 5.73 Å². The van der Waals surface area contributed by atoms with Gasteiger partial charge in [-0.15, -0.1) is 0 Å². The summed E-state index contributed by atoms with van der Waals surface area (Å²) in [4.78, 5) is 5.01. The van der Waals surface area contributed by atoms with Gasteiger partial charge < -0.3 is 10.6 Å². The molecule has 0 aromatic heterocycles. The van der Waals surface area contributed by atoms with Crippen LogP contribution >= 0.6 is 0 Å². The Kier molecular flexibility index (Phi) is 5.83. The average Bonchev–Trinajstić information content (AvgIpc) is 2.42. The molecule has 1 atom stereocenters. The van der Waals surface area contributed by atoms with Crippen LogP contribution in [0.25, 0.3) is 0 Å². The Morgan fingerprint density at radius 2 is 2.05 bits per heavy atom. The van der Waals surface area contributed by atoms with Crippen LogP contribution in [-0.4, -0.2) is 49.1 Å². The number of nitrogens with zero attached hydrogens (tertiary/aromatic N) is 2. The second kappa shape index (κ2) is 7.63. The second-order valence-corrected chi connectivity index (χ2v) is 5.66. The van der Waals surface area contributed by atoms with E-state index in [-0.39, 0.29) is 0 Å². The monoisotopic (exact) mass is 261 g/mol. The summed E-state index contributed by atoms with van der Waals surface area (Å²) in [5, 5.41) is 0. The van der Waals surface area contributed by atoms with Gasteiger partial charge in [0.25, 0.3) is 0 Å². The molecule has 3 nitrogen and oxygen atoms in total. The van der Waals surface area contributed by atoms with Crippen molar-refractivity contribution in [1.29, 1.82) is 0 Å². The zero-order valence-corrected chi connectivity index (χ0v) is 12.1. The van der Waals surface area contributed by atoms with Gasteiger partial charge >= 0.3 is 0 Å². The lowest BCUT2D eigenvalue weighted by atomic mass is 10.0. The summed E-state index contributed by atoms with van der Waals surface area (Å²) in [6.45, 7) is 5.23. The van der Waals surface area contributed by atoms with E-state index in [1.54, 1.807) is 0 Å². The Morgan fingerprint density at radius 3 is 2.79 bits per heavy atom. The molecule has 1 heterocycles. The predicted octanol–water partition coefficient (Wildman–Crippen LogP) is 1.93. The Bertz CT molecular complexity index is 350. The van der Waals surface area contributed by atoms with Crippen LogP contribution in [0.3, 0.4) is 0 Å². The maximum atomic E-state index is 5.72. The summed E-state index contributed by atoms with van der Waals surface area (Å²) >= 11 is 0. The van der Waals surface area contributed by atoms with Crippen LogP contribution in [0.4, 0.5) is 0 Å². The second-order valence-electron chi connectivity index (χ2n) is 5.66. The van der Waals surface area contributed by atoms with Gasteiger partial charge in [0.2, 0.25) is 0 Å². The van der Waals surface area contributed by atoms with Crippen LogP contribution < -0.4 is 5.73 Å². The quantitative estimate of drug-likeness (QED) is 0.849. The third kappa shape index (κ3) is 4.60. The van der Waals surface area contributed by atoms with Crippen molar-refractivity contribution in [3.63, 3.8) is 0 Å². The van der Waals surface area contributed by atoms with Gasteiger partial charge in [0.05, 0.1) is 0 Å². The number of rotatable bonds is 6.